The molecule has 0 bridgehead atoms. The van der Waals surface area contributed by atoms with Gasteiger partial charge in [0.2, 0.25) is 0 Å². The number of nitrogens with two attached hydrogens (primary N) is 1. The molecule has 24 heavy (non-hydrogen) atoms. The summed E-state index contributed by atoms with van der Waals surface area (Å²) in [6.45, 7) is 11.4. The molecule has 0 spiro atoms. The first-order chi connectivity index (χ1) is 11.2. The van der Waals surface area contributed by atoms with Gasteiger partial charge in [0.25, 0.3) is 5.91 Å². The second-order valence-electron chi connectivity index (χ2n) is 7.44. The summed E-state index contributed by atoms with van der Waals surface area (Å²) in [5.41, 5.74) is 10.8. The molecule has 0 unspecified atom stereocenters. The van der Waals surface area contributed by atoms with E-state index in [9.17, 15) is 4.79 Å². The Morgan fingerprint density at radius 2 is 1.75 bits per heavy atom. The summed E-state index contributed by atoms with van der Waals surface area (Å²) in [6.07, 6.45) is 1.01. The summed E-state index contributed by atoms with van der Waals surface area (Å²) in [5.74, 6) is -0.413. The fourth-order valence-corrected chi connectivity index (χ4v) is 3.03. The normalized spacial score (nSPS) is 11.3. The summed E-state index contributed by atoms with van der Waals surface area (Å²) >= 11 is 0. The highest BCUT2D eigenvalue weighted by Crippen LogP contribution is 2.33. The van der Waals surface area contributed by atoms with E-state index in [1.807, 2.05) is 26.0 Å². The van der Waals surface area contributed by atoms with Crippen LogP contribution in [0.25, 0.3) is 11.1 Å². The Morgan fingerprint density at radius 1 is 1.17 bits per heavy atom. The lowest BCUT2D eigenvalue weighted by molar-refractivity contribution is 0.1000. The van der Waals surface area contributed by atoms with Crippen molar-refractivity contribution in [2.45, 2.75) is 47.6 Å². The van der Waals surface area contributed by atoms with Crippen LogP contribution in [0, 0.1) is 30.6 Å². The number of hydrogen-bond acceptors (Lipinski definition) is 2. The Balaban J connectivity index is 2.57. The standard InChI is InChI=1S/C20H25N3O/c1-13-17(16-8-6-15(12-21)7-9-16)18(19(22)24)14(2)23(13)11-10-20(3,4)5/h6-9H,10-11H2,1-5H3,(H2,22,24). The van der Waals surface area contributed by atoms with Crippen LogP contribution in [0.1, 0.15) is 54.5 Å². The molecule has 2 aromatic rings. The number of primary amides is 1. The molecule has 0 atom stereocenters. The largest absolute Gasteiger partial charge is 0.366 e. The molecule has 2 rings (SSSR count). The molecule has 0 saturated heterocycles. The Hall–Kier alpha value is -2.54. The van der Waals surface area contributed by atoms with Crippen LogP contribution in [0.2, 0.25) is 0 Å². The molecule has 0 aliphatic heterocycles. The van der Waals surface area contributed by atoms with Crippen LogP contribution >= 0.6 is 0 Å². The summed E-state index contributed by atoms with van der Waals surface area (Å²) in [6, 6.07) is 9.40. The minimum absolute atomic E-state index is 0.213. The van der Waals surface area contributed by atoms with E-state index in [0.29, 0.717) is 11.1 Å². The molecule has 0 aliphatic rings. The van der Waals surface area contributed by atoms with Gasteiger partial charge in [0.1, 0.15) is 0 Å². The van der Waals surface area contributed by atoms with Gasteiger partial charge in [-0.05, 0) is 43.4 Å². The first-order valence-electron chi connectivity index (χ1n) is 8.15. The van der Waals surface area contributed by atoms with Crippen LogP contribution in [0.3, 0.4) is 0 Å². The van der Waals surface area contributed by atoms with Crippen LogP contribution in [-0.2, 0) is 6.54 Å². The van der Waals surface area contributed by atoms with Crippen molar-refractivity contribution >= 4 is 5.91 Å². The molecular weight excluding hydrogens is 298 g/mol. The van der Waals surface area contributed by atoms with Crippen molar-refractivity contribution in [1.82, 2.24) is 4.57 Å². The Bertz CT molecular complexity index is 799. The van der Waals surface area contributed by atoms with Gasteiger partial charge in [0.05, 0.1) is 17.2 Å². The molecule has 4 nitrogen and oxygen atoms in total. The number of rotatable bonds is 4. The molecule has 0 fully saturated rings. The zero-order chi connectivity index (χ0) is 18.1. The molecule has 126 valence electrons. The second kappa shape index (κ2) is 6.52. The van der Waals surface area contributed by atoms with Crippen molar-refractivity contribution in [1.29, 1.82) is 5.26 Å². The van der Waals surface area contributed by atoms with Gasteiger partial charge in [-0.25, -0.2) is 0 Å². The van der Waals surface area contributed by atoms with Gasteiger partial charge < -0.3 is 10.3 Å². The number of carbonyl (C=O) groups is 1. The average molecular weight is 323 g/mol. The Kier molecular flexibility index (Phi) is 4.84. The molecule has 0 radical (unpaired) electrons. The van der Waals surface area contributed by atoms with Crippen molar-refractivity contribution in [3.05, 3.63) is 46.8 Å². The number of nitrogens with zero attached hydrogens (tertiary/aromatic N) is 2. The van der Waals surface area contributed by atoms with E-state index in [1.165, 1.54) is 0 Å². The maximum Gasteiger partial charge on any atom is 0.251 e. The maximum absolute atomic E-state index is 12.1. The van der Waals surface area contributed by atoms with Crippen LogP contribution in [-0.4, -0.2) is 10.5 Å². The van der Waals surface area contributed by atoms with E-state index in [0.717, 1.165) is 35.5 Å². The van der Waals surface area contributed by atoms with Crippen molar-refractivity contribution in [2.24, 2.45) is 11.1 Å². The lowest BCUT2D eigenvalue weighted by Crippen LogP contribution is -2.15. The van der Waals surface area contributed by atoms with Gasteiger partial charge in [0.15, 0.2) is 0 Å². The number of hydrogen-bond donors (Lipinski definition) is 1. The Labute approximate surface area is 143 Å². The maximum atomic E-state index is 12.1. The Morgan fingerprint density at radius 3 is 2.21 bits per heavy atom. The number of benzene rings is 1. The summed E-state index contributed by atoms with van der Waals surface area (Å²) in [7, 11) is 0. The highest BCUT2D eigenvalue weighted by atomic mass is 16.1. The van der Waals surface area contributed by atoms with E-state index in [1.54, 1.807) is 12.1 Å². The van der Waals surface area contributed by atoms with Gasteiger partial charge in [-0.1, -0.05) is 32.9 Å². The highest BCUT2D eigenvalue weighted by molar-refractivity contribution is 6.02. The van der Waals surface area contributed by atoms with Crippen LogP contribution in [0.15, 0.2) is 24.3 Å². The van der Waals surface area contributed by atoms with Crippen LogP contribution in [0.5, 0.6) is 0 Å². The van der Waals surface area contributed by atoms with E-state index in [-0.39, 0.29) is 5.41 Å². The smallest absolute Gasteiger partial charge is 0.251 e. The van der Waals surface area contributed by atoms with Crippen molar-refractivity contribution in [2.75, 3.05) is 0 Å². The monoisotopic (exact) mass is 323 g/mol. The number of aromatic nitrogens is 1. The van der Waals surface area contributed by atoms with E-state index in [4.69, 9.17) is 11.0 Å². The first-order valence-corrected chi connectivity index (χ1v) is 8.15. The predicted molar refractivity (Wildman–Crippen MR) is 96.6 cm³/mol. The van der Waals surface area contributed by atoms with Gasteiger partial charge in [-0.15, -0.1) is 0 Å². The predicted octanol–water partition coefficient (Wildman–Crippen LogP) is 4.18. The van der Waals surface area contributed by atoms with Gasteiger partial charge in [0, 0.05) is 23.5 Å². The summed E-state index contributed by atoms with van der Waals surface area (Å²) in [4.78, 5) is 12.1. The van der Waals surface area contributed by atoms with Crippen molar-refractivity contribution in [3.63, 3.8) is 0 Å². The lowest BCUT2D eigenvalue weighted by Gasteiger charge is -2.20. The quantitative estimate of drug-likeness (QED) is 0.916. The van der Waals surface area contributed by atoms with E-state index in [2.05, 4.69) is 31.4 Å². The molecule has 1 heterocycles. The van der Waals surface area contributed by atoms with E-state index >= 15 is 0 Å². The summed E-state index contributed by atoms with van der Waals surface area (Å²) < 4.78 is 2.18. The SMILES string of the molecule is Cc1c(C(N)=O)c(-c2ccc(C#N)cc2)c(C)n1CCC(C)(C)C. The van der Waals surface area contributed by atoms with Gasteiger partial charge >= 0.3 is 0 Å². The minimum Gasteiger partial charge on any atom is -0.366 e. The fourth-order valence-electron chi connectivity index (χ4n) is 3.03. The fraction of sp³-hybridized carbons (Fsp3) is 0.400. The van der Waals surface area contributed by atoms with E-state index < -0.39 is 5.91 Å². The minimum atomic E-state index is -0.413. The second-order valence-corrected chi connectivity index (χ2v) is 7.44. The van der Waals surface area contributed by atoms with Crippen LogP contribution < -0.4 is 5.73 Å². The highest BCUT2D eigenvalue weighted by Gasteiger charge is 2.23. The third kappa shape index (κ3) is 3.51. The number of carbonyl (C=O) groups excluding carboxylic acids is 1. The molecule has 1 amide bonds. The molecule has 0 aliphatic carbocycles. The number of nitriles is 1. The first kappa shape index (κ1) is 17.8. The topological polar surface area (TPSA) is 71.8 Å². The zero-order valence-corrected chi connectivity index (χ0v) is 15.1. The molecule has 2 N–H and O–H groups in total. The third-order valence-corrected chi connectivity index (χ3v) is 4.42. The lowest BCUT2D eigenvalue weighted by atomic mass is 9.92. The van der Waals surface area contributed by atoms with Gasteiger partial charge in [-0.3, -0.25) is 4.79 Å². The molecular formula is C20H25N3O. The van der Waals surface area contributed by atoms with Crippen molar-refractivity contribution in [3.8, 4) is 17.2 Å². The molecule has 1 aromatic heterocycles. The van der Waals surface area contributed by atoms with Crippen molar-refractivity contribution < 1.29 is 4.79 Å². The van der Waals surface area contributed by atoms with Gasteiger partial charge in [-0.2, -0.15) is 5.26 Å². The molecule has 1 aromatic carbocycles. The average Bonchev–Trinajstić information content (AvgIpc) is 2.75. The third-order valence-electron chi connectivity index (χ3n) is 4.42. The summed E-state index contributed by atoms with van der Waals surface area (Å²) in [5, 5.41) is 8.96. The molecule has 0 saturated carbocycles. The zero-order valence-electron chi connectivity index (χ0n) is 15.1. The molecule has 4 heteroatoms. The number of amides is 1. The van der Waals surface area contributed by atoms with Crippen LogP contribution in [0.4, 0.5) is 0 Å².